The third-order valence-corrected chi connectivity index (χ3v) is 6.40. The fourth-order valence-electron chi connectivity index (χ4n) is 4.36. The molecule has 1 aromatic carbocycles. The number of benzene rings is 1. The van der Waals surface area contributed by atoms with Crippen LogP contribution in [0.4, 0.5) is 5.69 Å². The fraction of sp³-hybridized carbons (Fsp3) is 0.360. The molecular formula is C25H27N5O4. The van der Waals surface area contributed by atoms with Crippen molar-refractivity contribution < 1.29 is 19.2 Å². The molecule has 9 heteroatoms. The van der Waals surface area contributed by atoms with Crippen molar-refractivity contribution in [3.63, 3.8) is 0 Å². The summed E-state index contributed by atoms with van der Waals surface area (Å²) in [6.07, 6.45) is 5.36. The molecule has 1 saturated carbocycles. The van der Waals surface area contributed by atoms with E-state index in [4.69, 9.17) is 4.52 Å². The monoisotopic (exact) mass is 461 g/mol. The molecule has 0 bridgehead atoms. The molecule has 5 rings (SSSR count). The lowest BCUT2D eigenvalue weighted by Gasteiger charge is -2.31. The van der Waals surface area contributed by atoms with Crippen molar-refractivity contribution in [1.29, 1.82) is 0 Å². The quantitative estimate of drug-likeness (QED) is 0.424. The lowest BCUT2D eigenvalue weighted by atomic mass is 9.85. The minimum atomic E-state index is -0.296. The van der Waals surface area contributed by atoms with Gasteiger partial charge in [-0.2, -0.15) is 0 Å². The molecule has 2 amide bonds. The van der Waals surface area contributed by atoms with E-state index in [9.17, 15) is 14.7 Å². The summed E-state index contributed by atoms with van der Waals surface area (Å²) in [4.78, 5) is 29.7. The third-order valence-electron chi connectivity index (χ3n) is 6.40. The average molecular weight is 462 g/mol. The summed E-state index contributed by atoms with van der Waals surface area (Å²) in [5, 5.41) is 22.6. The predicted molar refractivity (Wildman–Crippen MR) is 125 cm³/mol. The van der Waals surface area contributed by atoms with Gasteiger partial charge in [0.15, 0.2) is 5.69 Å². The van der Waals surface area contributed by atoms with Crippen LogP contribution in [0.3, 0.4) is 0 Å². The number of anilines is 1. The van der Waals surface area contributed by atoms with Gasteiger partial charge in [0.2, 0.25) is 5.88 Å². The topological polar surface area (TPSA) is 129 Å². The maximum absolute atomic E-state index is 13.1. The van der Waals surface area contributed by atoms with Crippen LogP contribution >= 0.6 is 0 Å². The first-order valence-corrected chi connectivity index (χ1v) is 11.6. The van der Waals surface area contributed by atoms with Crippen LogP contribution in [-0.4, -0.2) is 40.2 Å². The summed E-state index contributed by atoms with van der Waals surface area (Å²) < 4.78 is 5.36. The number of nitrogens with zero attached hydrogens (tertiary/aromatic N) is 2. The molecule has 9 nitrogen and oxygen atoms in total. The van der Waals surface area contributed by atoms with Gasteiger partial charge in [0, 0.05) is 23.6 Å². The van der Waals surface area contributed by atoms with Gasteiger partial charge in [0.1, 0.15) is 5.76 Å². The van der Waals surface area contributed by atoms with E-state index in [1.54, 1.807) is 18.2 Å². The van der Waals surface area contributed by atoms with E-state index >= 15 is 0 Å². The highest BCUT2D eigenvalue weighted by atomic mass is 16.5. The van der Waals surface area contributed by atoms with Crippen molar-refractivity contribution in [3.05, 3.63) is 71.2 Å². The highest BCUT2D eigenvalue weighted by Crippen LogP contribution is 2.40. The Balaban J connectivity index is 1.36. The first-order valence-electron chi connectivity index (χ1n) is 11.6. The number of hydrogen-bond donors (Lipinski definition) is 4. The lowest BCUT2D eigenvalue weighted by molar-refractivity contribution is 0.0904. The van der Waals surface area contributed by atoms with Crippen LogP contribution in [0.25, 0.3) is 0 Å². The first-order chi connectivity index (χ1) is 16.6. The van der Waals surface area contributed by atoms with E-state index in [0.717, 1.165) is 50.1 Å². The molecule has 1 aliphatic heterocycles. The number of aromatic nitrogens is 2. The second kappa shape index (κ2) is 9.64. The van der Waals surface area contributed by atoms with E-state index in [1.165, 1.54) is 12.3 Å². The Hall–Kier alpha value is -3.72. The minimum absolute atomic E-state index is 0.114. The Kier molecular flexibility index (Phi) is 6.27. The predicted octanol–water partition coefficient (Wildman–Crippen LogP) is 3.38. The Labute approximate surface area is 197 Å². The second-order valence-corrected chi connectivity index (χ2v) is 8.91. The number of pyridine rings is 1. The Morgan fingerprint density at radius 3 is 2.62 bits per heavy atom. The van der Waals surface area contributed by atoms with Gasteiger partial charge in [0.25, 0.3) is 11.8 Å². The van der Waals surface area contributed by atoms with Gasteiger partial charge in [-0.1, -0.05) is 17.3 Å². The smallest absolute Gasteiger partial charge is 0.273 e. The van der Waals surface area contributed by atoms with Gasteiger partial charge < -0.3 is 25.6 Å². The van der Waals surface area contributed by atoms with Crippen LogP contribution in [0.5, 0.6) is 5.88 Å². The van der Waals surface area contributed by atoms with E-state index in [1.807, 2.05) is 18.2 Å². The molecule has 1 atom stereocenters. The molecule has 1 saturated heterocycles. The number of nitrogens with one attached hydrogen (secondary N) is 3. The van der Waals surface area contributed by atoms with Gasteiger partial charge in [-0.15, -0.1) is 0 Å². The van der Waals surface area contributed by atoms with Crippen molar-refractivity contribution in [2.45, 2.75) is 37.6 Å². The molecule has 1 unspecified atom stereocenters. The normalized spacial score (nSPS) is 17.2. The fourth-order valence-corrected chi connectivity index (χ4v) is 4.36. The Bertz CT molecular complexity index is 1170. The zero-order chi connectivity index (χ0) is 23.5. The number of carbonyl (C=O) groups excluding carboxylic acids is 2. The van der Waals surface area contributed by atoms with Crippen molar-refractivity contribution in [1.82, 2.24) is 20.8 Å². The van der Waals surface area contributed by atoms with Gasteiger partial charge in [0.05, 0.1) is 17.9 Å². The number of hydrogen-bond acceptors (Lipinski definition) is 7. The Morgan fingerprint density at radius 1 is 1.06 bits per heavy atom. The zero-order valence-electron chi connectivity index (χ0n) is 18.7. The van der Waals surface area contributed by atoms with Crippen LogP contribution < -0.4 is 16.0 Å². The van der Waals surface area contributed by atoms with Gasteiger partial charge >= 0.3 is 0 Å². The largest absolute Gasteiger partial charge is 0.493 e. The second-order valence-electron chi connectivity index (χ2n) is 8.91. The van der Waals surface area contributed by atoms with Crippen molar-refractivity contribution >= 4 is 17.5 Å². The van der Waals surface area contributed by atoms with Crippen molar-refractivity contribution in [3.8, 4) is 5.88 Å². The number of rotatable bonds is 7. The van der Waals surface area contributed by atoms with Crippen LogP contribution in [0, 0.1) is 5.92 Å². The molecule has 4 N–H and O–H groups in total. The van der Waals surface area contributed by atoms with Gasteiger partial charge in [-0.05, 0) is 68.5 Å². The first kappa shape index (κ1) is 22.1. The summed E-state index contributed by atoms with van der Waals surface area (Å²) in [7, 11) is 0. The average Bonchev–Trinajstić information content (AvgIpc) is 3.60. The highest BCUT2D eigenvalue weighted by molar-refractivity contribution is 6.04. The number of amides is 2. The van der Waals surface area contributed by atoms with E-state index in [-0.39, 0.29) is 35.3 Å². The van der Waals surface area contributed by atoms with Crippen LogP contribution in [-0.2, 0) is 0 Å². The van der Waals surface area contributed by atoms with Crippen LogP contribution in [0.1, 0.15) is 69.8 Å². The zero-order valence-corrected chi connectivity index (χ0v) is 18.7. The molecule has 2 aliphatic rings. The Morgan fingerprint density at radius 2 is 1.88 bits per heavy atom. The molecule has 34 heavy (non-hydrogen) atoms. The van der Waals surface area contributed by atoms with Crippen LogP contribution in [0.15, 0.2) is 53.2 Å². The highest BCUT2D eigenvalue weighted by Gasteiger charge is 2.31. The molecule has 176 valence electrons. The molecule has 1 aliphatic carbocycles. The molecule has 2 fully saturated rings. The van der Waals surface area contributed by atoms with Crippen LogP contribution in [0.2, 0.25) is 0 Å². The number of aromatic hydroxyl groups is 1. The maximum Gasteiger partial charge on any atom is 0.273 e. The van der Waals surface area contributed by atoms with E-state index < -0.39 is 0 Å². The SMILES string of the molecule is O=C(Nc1ccc(O)nc1)c1cccc(C(NC(=O)c2cc(C3CC3)on2)C2CCNCC2)c1. The molecular weight excluding hydrogens is 434 g/mol. The molecule has 2 aromatic heterocycles. The maximum atomic E-state index is 13.1. The molecule has 0 spiro atoms. The van der Waals surface area contributed by atoms with Crippen molar-refractivity contribution in [2.75, 3.05) is 18.4 Å². The van der Waals surface area contributed by atoms with Gasteiger partial charge in [-0.25, -0.2) is 4.98 Å². The minimum Gasteiger partial charge on any atom is -0.493 e. The van der Waals surface area contributed by atoms with E-state index in [2.05, 4.69) is 26.1 Å². The summed E-state index contributed by atoms with van der Waals surface area (Å²) >= 11 is 0. The number of piperidine rings is 1. The van der Waals surface area contributed by atoms with Crippen molar-refractivity contribution in [2.24, 2.45) is 5.92 Å². The number of carbonyl (C=O) groups is 2. The van der Waals surface area contributed by atoms with E-state index in [0.29, 0.717) is 17.2 Å². The summed E-state index contributed by atoms with van der Waals surface area (Å²) in [6.45, 7) is 1.75. The summed E-state index contributed by atoms with van der Waals surface area (Å²) in [5.74, 6) is 0.690. The lowest BCUT2D eigenvalue weighted by Crippen LogP contribution is -2.39. The molecule has 3 heterocycles. The van der Waals surface area contributed by atoms with Gasteiger partial charge in [-0.3, -0.25) is 9.59 Å². The molecule has 0 radical (unpaired) electrons. The third kappa shape index (κ3) is 5.09. The molecule has 3 aromatic rings. The summed E-state index contributed by atoms with van der Waals surface area (Å²) in [6, 6.07) is 11.8. The summed E-state index contributed by atoms with van der Waals surface area (Å²) in [5.41, 5.74) is 2.10. The standard InChI is InChI=1S/C25H27N5O4/c31-22-7-6-19(14-27-22)28-24(32)18-3-1-2-17(12-18)23(16-8-10-26-11-9-16)29-25(33)20-13-21(34-30-20)15-4-5-15/h1-3,6-7,12-16,23,26H,4-5,8-11H2,(H,27,31)(H,28,32)(H,29,33).